The molecule has 2 rings (SSSR count). The van der Waals surface area contributed by atoms with Gasteiger partial charge in [-0.2, -0.15) is 0 Å². The number of hydrogen-bond acceptors (Lipinski definition) is 3. The highest BCUT2D eigenvalue weighted by Gasteiger charge is 2.17. The summed E-state index contributed by atoms with van der Waals surface area (Å²) >= 11 is 1.59. The molecule has 1 heterocycles. The molecule has 1 aromatic heterocycles. The van der Waals surface area contributed by atoms with Crippen molar-refractivity contribution in [1.29, 1.82) is 0 Å². The van der Waals surface area contributed by atoms with Gasteiger partial charge >= 0.3 is 0 Å². The van der Waals surface area contributed by atoms with E-state index < -0.39 is 11.6 Å². The monoisotopic (exact) mass is 296 g/mol. The van der Waals surface area contributed by atoms with Crippen molar-refractivity contribution in [3.63, 3.8) is 0 Å². The third-order valence-corrected chi connectivity index (χ3v) is 4.21. The van der Waals surface area contributed by atoms with E-state index in [0.717, 1.165) is 29.1 Å². The predicted octanol–water partition coefficient (Wildman–Crippen LogP) is 4.01. The third kappa shape index (κ3) is 3.61. The predicted molar refractivity (Wildman–Crippen MR) is 77.9 cm³/mol. The highest BCUT2D eigenvalue weighted by molar-refractivity contribution is 7.09. The molecule has 0 radical (unpaired) electrons. The molecule has 5 heteroatoms. The minimum atomic E-state index is -0.805. The van der Waals surface area contributed by atoms with Crippen LogP contribution in [0, 0.1) is 18.6 Å². The van der Waals surface area contributed by atoms with Gasteiger partial charge in [0.05, 0.1) is 11.2 Å². The number of hydrogen-bond donors (Lipinski definition) is 1. The van der Waals surface area contributed by atoms with Crippen LogP contribution in [0.3, 0.4) is 0 Å². The Labute approximate surface area is 121 Å². The lowest BCUT2D eigenvalue weighted by molar-refractivity contribution is 0.501. The number of aromatic nitrogens is 1. The lowest BCUT2D eigenvalue weighted by atomic mass is 10.0. The average molecular weight is 296 g/mol. The van der Waals surface area contributed by atoms with Crippen LogP contribution < -0.4 is 5.32 Å². The summed E-state index contributed by atoms with van der Waals surface area (Å²) in [5.74, 6) is -1.60. The van der Waals surface area contributed by atoms with Gasteiger partial charge in [-0.15, -0.1) is 11.3 Å². The van der Waals surface area contributed by atoms with Gasteiger partial charge in [-0.05, 0) is 44.0 Å². The summed E-state index contributed by atoms with van der Waals surface area (Å²) in [6, 6.07) is 4.18. The van der Waals surface area contributed by atoms with Crippen molar-refractivity contribution >= 4 is 11.3 Å². The number of benzene rings is 1. The number of halogens is 2. The molecule has 0 saturated heterocycles. The Morgan fingerprint density at radius 3 is 2.70 bits per heavy atom. The van der Waals surface area contributed by atoms with Crippen LogP contribution in [0.4, 0.5) is 8.78 Å². The number of rotatable bonds is 6. The Balaban J connectivity index is 2.19. The van der Waals surface area contributed by atoms with Crippen LogP contribution in [0.2, 0.25) is 0 Å². The van der Waals surface area contributed by atoms with Gasteiger partial charge in [-0.3, -0.25) is 0 Å². The number of nitrogens with one attached hydrogen (secondary N) is 1. The van der Waals surface area contributed by atoms with Crippen molar-refractivity contribution < 1.29 is 8.78 Å². The molecule has 1 N–H and O–H groups in total. The van der Waals surface area contributed by atoms with Gasteiger partial charge in [-0.1, -0.05) is 13.0 Å². The fourth-order valence-corrected chi connectivity index (χ4v) is 3.00. The fraction of sp³-hybridized carbons (Fsp3) is 0.400. The SMILES string of the molecule is CCCNC(Cc1ccc(F)c(F)c1)c1scnc1C. The summed E-state index contributed by atoms with van der Waals surface area (Å²) in [6.45, 7) is 4.95. The van der Waals surface area contributed by atoms with E-state index in [1.807, 2.05) is 12.4 Å². The van der Waals surface area contributed by atoms with Crippen molar-refractivity contribution in [2.24, 2.45) is 0 Å². The summed E-state index contributed by atoms with van der Waals surface area (Å²) in [5.41, 5.74) is 3.59. The Kier molecular flexibility index (Phi) is 5.20. The van der Waals surface area contributed by atoms with E-state index in [-0.39, 0.29) is 6.04 Å². The Bertz CT molecular complexity index is 569. The first-order valence-corrected chi connectivity index (χ1v) is 7.57. The second-order valence-electron chi connectivity index (χ2n) is 4.76. The highest BCUT2D eigenvalue weighted by Crippen LogP contribution is 2.25. The Morgan fingerprint density at radius 1 is 1.30 bits per heavy atom. The summed E-state index contributed by atoms with van der Waals surface area (Å²) in [5, 5.41) is 3.45. The van der Waals surface area contributed by atoms with Crippen LogP contribution in [-0.2, 0) is 6.42 Å². The smallest absolute Gasteiger partial charge is 0.159 e. The normalized spacial score (nSPS) is 12.6. The van der Waals surface area contributed by atoms with E-state index in [1.54, 1.807) is 17.4 Å². The first-order valence-electron chi connectivity index (χ1n) is 6.69. The summed E-state index contributed by atoms with van der Waals surface area (Å²) in [7, 11) is 0. The summed E-state index contributed by atoms with van der Waals surface area (Å²) < 4.78 is 26.3. The molecule has 108 valence electrons. The largest absolute Gasteiger partial charge is 0.309 e. The second-order valence-corrected chi connectivity index (χ2v) is 5.65. The number of nitrogens with zero attached hydrogens (tertiary/aromatic N) is 1. The van der Waals surface area contributed by atoms with Gasteiger partial charge in [0.15, 0.2) is 11.6 Å². The standard InChI is InChI=1S/C15H18F2N2S/c1-3-6-18-14(15-10(2)19-9-20-15)8-11-4-5-12(16)13(17)7-11/h4-5,7,9,14,18H,3,6,8H2,1-2H3. The first kappa shape index (κ1) is 15.1. The van der Waals surface area contributed by atoms with Crippen molar-refractivity contribution in [3.8, 4) is 0 Å². The summed E-state index contributed by atoms with van der Waals surface area (Å²) in [4.78, 5) is 5.42. The fourth-order valence-electron chi connectivity index (χ4n) is 2.12. The molecular weight excluding hydrogens is 278 g/mol. The van der Waals surface area contributed by atoms with Crippen LogP contribution in [0.1, 0.15) is 35.5 Å². The maximum Gasteiger partial charge on any atom is 0.159 e. The topological polar surface area (TPSA) is 24.9 Å². The number of aryl methyl sites for hydroxylation is 1. The molecule has 0 aliphatic heterocycles. The quantitative estimate of drug-likeness (QED) is 0.871. The molecule has 1 atom stereocenters. The van der Waals surface area contributed by atoms with Crippen molar-refractivity contribution in [1.82, 2.24) is 10.3 Å². The van der Waals surface area contributed by atoms with Crippen LogP contribution in [-0.4, -0.2) is 11.5 Å². The zero-order valence-corrected chi connectivity index (χ0v) is 12.4. The minimum absolute atomic E-state index is 0.0901. The van der Waals surface area contributed by atoms with Gasteiger partial charge < -0.3 is 5.32 Å². The van der Waals surface area contributed by atoms with Crippen molar-refractivity contribution in [2.45, 2.75) is 32.7 Å². The van der Waals surface area contributed by atoms with Crippen LogP contribution in [0.5, 0.6) is 0 Å². The second kappa shape index (κ2) is 6.90. The molecule has 0 amide bonds. The van der Waals surface area contributed by atoms with Crippen molar-refractivity contribution in [3.05, 3.63) is 51.5 Å². The van der Waals surface area contributed by atoms with Gasteiger partial charge in [0.25, 0.3) is 0 Å². The molecule has 0 aliphatic carbocycles. The summed E-state index contributed by atoms with van der Waals surface area (Å²) in [6.07, 6.45) is 1.65. The van der Waals surface area contributed by atoms with Crippen LogP contribution in [0.25, 0.3) is 0 Å². The van der Waals surface area contributed by atoms with E-state index in [9.17, 15) is 8.78 Å². The van der Waals surface area contributed by atoms with E-state index >= 15 is 0 Å². The molecular formula is C15H18F2N2S. The van der Waals surface area contributed by atoms with Gasteiger partial charge in [0.1, 0.15) is 0 Å². The average Bonchev–Trinajstić information content (AvgIpc) is 2.85. The molecule has 0 fully saturated rings. The number of thiazole rings is 1. The zero-order chi connectivity index (χ0) is 14.5. The molecule has 0 saturated carbocycles. The third-order valence-electron chi connectivity index (χ3n) is 3.16. The van der Waals surface area contributed by atoms with Crippen LogP contribution >= 0.6 is 11.3 Å². The molecule has 0 bridgehead atoms. The molecule has 2 aromatic rings. The molecule has 1 aromatic carbocycles. The van der Waals surface area contributed by atoms with Gasteiger partial charge in [0.2, 0.25) is 0 Å². The van der Waals surface area contributed by atoms with Gasteiger partial charge in [0, 0.05) is 10.9 Å². The van der Waals surface area contributed by atoms with E-state index in [2.05, 4.69) is 17.2 Å². The van der Waals surface area contributed by atoms with Crippen molar-refractivity contribution in [2.75, 3.05) is 6.54 Å². The van der Waals surface area contributed by atoms with E-state index in [0.29, 0.717) is 6.42 Å². The lowest BCUT2D eigenvalue weighted by Gasteiger charge is -2.18. The molecule has 1 unspecified atom stereocenters. The minimum Gasteiger partial charge on any atom is -0.309 e. The maximum absolute atomic E-state index is 13.3. The molecule has 0 aliphatic rings. The molecule has 0 spiro atoms. The Hall–Kier alpha value is -1.33. The highest BCUT2D eigenvalue weighted by atomic mass is 32.1. The lowest BCUT2D eigenvalue weighted by Crippen LogP contribution is -2.24. The van der Waals surface area contributed by atoms with Gasteiger partial charge in [-0.25, -0.2) is 13.8 Å². The first-order chi connectivity index (χ1) is 9.61. The van der Waals surface area contributed by atoms with E-state index in [4.69, 9.17) is 0 Å². The molecule has 2 nitrogen and oxygen atoms in total. The van der Waals surface area contributed by atoms with E-state index in [1.165, 1.54) is 12.1 Å². The maximum atomic E-state index is 13.3. The zero-order valence-electron chi connectivity index (χ0n) is 11.6. The Morgan fingerprint density at radius 2 is 2.10 bits per heavy atom. The molecule has 20 heavy (non-hydrogen) atoms. The van der Waals surface area contributed by atoms with Crippen LogP contribution in [0.15, 0.2) is 23.7 Å².